The lowest BCUT2D eigenvalue weighted by atomic mass is 9.86. The first kappa shape index (κ1) is 16.6. The van der Waals surface area contributed by atoms with Gasteiger partial charge in [0.2, 0.25) is 5.95 Å². The Hall–Kier alpha value is -1.24. The highest BCUT2D eigenvalue weighted by atomic mass is 16.5. The van der Waals surface area contributed by atoms with E-state index in [1.807, 2.05) is 18.5 Å². The van der Waals surface area contributed by atoms with Crippen molar-refractivity contribution in [2.45, 2.75) is 24.9 Å². The number of likely N-dealkylation sites (N-methyl/N-ethyl adjacent to an activating group) is 1. The van der Waals surface area contributed by atoms with Crippen molar-refractivity contribution >= 4 is 5.95 Å². The van der Waals surface area contributed by atoms with Crippen LogP contribution in [0.4, 0.5) is 5.95 Å². The molecule has 2 saturated heterocycles. The smallest absolute Gasteiger partial charge is 0.225 e. The molecule has 23 heavy (non-hydrogen) atoms. The van der Waals surface area contributed by atoms with E-state index in [2.05, 4.69) is 26.8 Å². The monoisotopic (exact) mass is 320 g/mol. The number of rotatable bonds is 6. The molecule has 0 aliphatic carbocycles. The zero-order valence-corrected chi connectivity index (χ0v) is 14.3. The van der Waals surface area contributed by atoms with Gasteiger partial charge in [-0.25, -0.2) is 9.97 Å². The van der Waals surface area contributed by atoms with E-state index in [0.717, 1.165) is 64.6 Å². The van der Waals surface area contributed by atoms with Crippen molar-refractivity contribution in [2.24, 2.45) is 5.92 Å². The summed E-state index contributed by atoms with van der Waals surface area (Å²) in [4.78, 5) is 13.4. The Bertz CT molecular complexity index is 487. The first-order valence-corrected chi connectivity index (χ1v) is 8.54. The van der Waals surface area contributed by atoms with Crippen molar-refractivity contribution in [3.05, 3.63) is 18.5 Å². The molecule has 0 saturated carbocycles. The molecule has 0 N–H and O–H groups in total. The molecule has 3 heterocycles. The summed E-state index contributed by atoms with van der Waals surface area (Å²) in [6.07, 6.45) is 7.05. The first-order valence-electron chi connectivity index (χ1n) is 8.54. The molecule has 2 atom stereocenters. The van der Waals surface area contributed by atoms with Gasteiger partial charge in [-0.1, -0.05) is 0 Å². The van der Waals surface area contributed by atoms with Crippen molar-refractivity contribution in [3.63, 3.8) is 0 Å². The fourth-order valence-electron chi connectivity index (χ4n) is 3.84. The van der Waals surface area contributed by atoms with Crippen molar-refractivity contribution in [3.8, 4) is 0 Å². The molecule has 2 unspecified atom stereocenters. The molecule has 1 spiro atoms. The van der Waals surface area contributed by atoms with Gasteiger partial charge in [0.25, 0.3) is 0 Å². The van der Waals surface area contributed by atoms with Gasteiger partial charge in [0.15, 0.2) is 0 Å². The van der Waals surface area contributed by atoms with E-state index in [1.165, 1.54) is 0 Å². The third kappa shape index (κ3) is 4.19. The largest absolute Gasteiger partial charge is 0.383 e. The molecule has 6 heteroatoms. The first-order chi connectivity index (χ1) is 11.2. The SMILES string of the molecule is COCCN(C)CC1COC2(CCCN(c3ncccn3)C2)C1. The minimum atomic E-state index is -0.00971. The summed E-state index contributed by atoms with van der Waals surface area (Å²) in [5.74, 6) is 1.43. The minimum absolute atomic E-state index is 0.00971. The zero-order valence-electron chi connectivity index (χ0n) is 14.3. The van der Waals surface area contributed by atoms with Crippen molar-refractivity contribution in [1.82, 2.24) is 14.9 Å². The Labute approximate surface area is 138 Å². The van der Waals surface area contributed by atoms with Crippen molar-refractivity contribution in [2.75, 3.05) is 58.5 Å². The average molecular weight is 320 g/mol. The Kier molecular flexibility index (Phi) is 5.46. The second kappa shape index (κ2) is 7.55. The van der Waals surface area contributed by atoms with Gasteiger partial charge in [-0.05, 0) is 38.3 Å². The van der Waals surface area contributed by atoms with Gasteiger partial charge < -0.3 is 19.3 Å². The molecule has 0 amide bonds. The fraction of sp³-hybridized carbons (Fsp3) is 0.765. The molecule has 1 aromatic heterocycles. The van der Waals surface area contributed by atoms with Crippen LogP contribution in [0.2, 0.25) is 0 Å². The maximum atomic E-state index is 6.30. The lowest BCUT2D eigenvalue weighted by molar-refractivity contribution is -0.00755. The highest BCUT2D eigenvalue weighted by Crippen LogP contribution is 2.38. The Morgan fingerprint density at radius 2 is 2.26 bits per heavy atom. The van der Waals surface area contributed by atoms with Crippen molar-refractivity contribution < 1.29 is 9.47 Å². The maximum Gasteiger partial charge on any atom is 0.225 e. The van der Waals surface area contributed by atoms with E-state index in [-0.39, 0.29) is 5.60 Å². The van der Waals surface area contributed by atoms with Crippen LogP contribution in [0.25, 0.3) is 0 Å². The maximum absolute atomic E-state index is 6.30. The number of hydrogen-bond donors (Lipinski definition) is 0. The lowest BCUT2D eigenvalue weighted by Crippen LogP contribution is -2.48. The van der Waals surface area contributed by atoms with E-state index in [4.69, 9.17) is 9.47 Å². The van der Waals surface area contributed by atoms with Gasteiger partial charge >= 0.3 is 0 Å². The second-order valence-corrected chi connectivity index (χ2v) is 6.89. The number of anilines is 1. The van der Waals surface area contributed by atoms with Gasteiger partial charge in [0, 0.05) is 45.7 Å². The average Bonchev–Trinajstić information content (AvgIpc) is 2.95. The molecular weight excluding hydrogens is 292 g/mol. The predicted molar refractivity (Wildman–Crippen MR) is 89.6 cm³/mol. The van der Waals surface area contributed by atoms with Crippen LogP contribution in [-0.4, -0.2) is 74.0 Å². The van der Waals surface area contributed by atoms with Crippen LogP contribution in [0.3, 0.4) is 0 Å². The second-order valence-electron chi connectivity index (χ2n) is 6.89. The summed E-state index contributed by atoms with van der Waals surface area (Å²) < 4.78 is 11.5. The standard InChI is InChI=1S/C17H28N4O2/c1-20(9-10-22-2)12-15-11-17(23-13-15)5-3-8-21(14-17)16-18-6-4-7-19-16/h4,6-7,15H,3,5,8-14H2,1-2H3. The number of piperidine rings is 1. The number of ether oxygens (including phenoxy) is 2. The zero-order chi connectivity index (χ0) is 16.1. The number of methoxy groups -OCH3 is 1. The molecule has 1 aromatic rings. The van der Waals surface area contributed by atoms with Crippen LogP contribution in [0.1, 0.15) is 19.3 Å². The van der Waals surface area contributed by atoms with Gasteiger partial charge in [-0.3, -0.25) is 0 Å². The molecule has 0 radical (unpaired) electrons. The molecule has 0 bridgehead atoms. The Morgan fingerprint density at radius 3 is 3.04 bits per heavy atom. The van der Waals surface area contributed by atoms with E-state index in [1.54, 1.807) is 7.11 Å². The molecule has 2 aliphatic rings. The van der Waals surface area contributed by atoms with E-state index < -0.39 is 0 Å². The van der Waals surface area contributed by atoms with Crippen LogP contribution in [0.15, 0.2) is 18.5 Å². The predicted octanol–water partition coefficient (Wildman–Crippen LogP) is 1.43. The highest BCUT2D eigenvalue weighted by molar-refractivity contribution is 5.31. The topological polar surface area (TPSA) is 50.7 Å². The third-order valence-electron chi connectivity index (χ3n) is 4.91. The van der Waals surface area contributed by atoms with E-state index >= 15 is 0 Å². The highest BCUT2D eigenvalue weighted by Gasteiger charge is 2.44. The molecule has 2 fully saturated rings. The van der Waals surface area contributed by atoms with Crippen LogP contribution < -0.4 is 4.90 Å². The lowest BCUT2D eigenvalue weighted by Gasteiger charge is -2.39. The summed E-state index contributed by atoms with van der Waals surface area (Å²) in [5, 5.41) is 0. The molecule has 128 valence electrons. The minimum Gasteiger partial charge on any atom is -0.383 e. The molecule has 2 aliphatic heterocycles. The summed E-state index contributed by atoms with van der Waals surface area (Å²) >= 11 is 0. The number of nitrogens with zero attached hydrogens (tertiary/aromatic N) is 4. The quantitative estimate of drug-likeness (QED) is 0.790. The fourth-order valence-corrected chi connectivity index (χ4v) is 3.84. The normalized spacial score (nSPS) is 28.0. The molecular formula is C17H28N4O2. The van der Waals surface area contributed by atoms with Gasteiger partial charge in [0.1, 0.15) is 0 Å². The van der Waals surface area contributed by atoms with Gasteiger partial charge in [-0.15, -0.1) is 0 Å². The number of aromatic nitrogens is 2. The molecule has 0 aromatic carbocycles. The Morgan fingerprint density at radius 1 is 1.43 bits per heavy atom. The summed E-state index contributed by atoms with van der Waals surface area (Å²) in [6.45, 7) is 5.63. The number of hydrogen-bond acceptors (Lipinski definition) is 6. The van der Waals surface area contributed by atoms with Gasteiger partial charge in [0.05, 0.1) is 18.8 Å². The van der Waals surface area contributed by atoms with Crippen molar-refractivity contribution in [1.29, 1.82) is 0 Å². The van der Waals surface area contributed by atoms with E-state index in [9.17, 15) is 0 Å². The summed E-state index contributed by atoms with van der Waals surface area (Å²) in [6, 6.07) is 1.86. The summed E-state index contributed by atoms with van der Waals surface area (Å²) in [5.41, 5.74) is -0.00971. The van der Waals surface area contributed by atoms with Crippen LogP contribution in [0, 0.1) is 5.92 Å². The van der Waals surface area contributed by atoms with Gasteiger partial charge in [-0.2, -0.15) is 0 Å². The van der Waals surface area contributed by atoms with Crippen LogP contribution in [0.5, 0.6) is 0 Å². The van der Waals surface area contributed by atoms with E-state index in [0.29, 0.717) is 5.92 Å². The van der Waals surface area contributed by atoms with Crippen LogP contribution >= 0.6 is 0 Å². The summed E-state index contributed by atoms with van der Waals surface area (Å²) in [7, 11) is 3.92. The Balaban J connectivity index is 1.56. The molecule has 3 rings (SSSR count). The third-order valence-corrected chi connectivity index (χ3v) is 4.91. The molecule has 6 nitrogen and oxygen atoms in total. The van der Waals surface area contributed by atoms with Crippen LogP contribution in [-0.2, 0) is 9.47 Å².